The van der Waals surface area contributed by atoms with E-state index in [1.54, 1.807) is 12.5 Å². The fourth-order valence-electron chi connectivity index (χ4n) is 2.88. The molecule has 2 atom stereocenters. The Hall–Kier alpha value is -2.40. The summed E-state index contributed by atoms with van der Waals surface area (Å²) in [6, 6.07) is 12.2. The number of fused-ring (bicyclic) bond motifs is 1. The largest absolute Gasteiger partial charge is 0.347 e. The Bertz CT molecular complexity index is 769. The molecule has 3 aromatic rings. The lowest BCUT2D eigenvalue weighted by Crippen LogP contribution is -2.28. The zero-order valence-corrected chi connectivity index (χ0v) is 12.5. The number of hydrogen-bond donors (Lipinski definition) is 1. The van der Waals surface area contributed by atoms with Crippen LogP contribution in [0.15, 0.2) is 55.1 Å². The molecule has 4 rings (SSSR count). The molecule has 0 unspecified atom stereocenters. The van der Waals surface area contributed by atoms with E-state index >= 15 is 0 Å². The van der Waals surface area contributed by atoms with Crippen LogP contribution in [0.1, 0.15) is 29.6 Å². The van der Waals surface area contributed by atoms with Crippen LogP contribution in [-0.2, 0) is 0 Å². The molecule has 5 nitrogen and oxygen atoms in total. The predicted octanol–water partition coefficient (Wildman–Crippen LogP) is 3.47. The number of aromatic nitrogens is 4. The number of pyridine rings is 1. The summed E-state index contributed by atoms with van der Waals surface area (Å²) in [6.07, 6.45) is 6.13. The van der Waals surface area contributed by atoms with E-state index in [-0.39, 0.29) is 12.1 Å². The lowest BCUT2D eigenvalue weighted by molar-refractivity contribution is 0.430. The van der Waals surface area contributed by atoms with Gasteiger partial charge in [0.1, 0.15) is 6.33 Å². The molecule has 22 heavy (non-hydrogen) atoms. The van der Waals surface area contributed by atoms with E-state index in [1.165, 1.54) is 5.56 Å². The average Bonchev–Trinajstić information content (AvgIpc) is 3.04. The normalized spacial score (nSPS) is 20.2. The molecule has 3 heterocycles. The zero-order chi connectivity index (χ0) is 14.9. The van der Waals surface area contributed by atoms with Crippen LogP contribution in [0, 0.1) is 0 Å². The second-order valence-corrected chi connectivity index (χ2v) is 5.75. The lowest BCUT2D eigenvalue weighted by atomic mass is 9.94. The first kappa shape index (κ1) is 13.3. The highest BCUT2D eigenvalue weighted by molar-refractivity contribution is 6.30. The smallest absolute Gasteiger partial charge is 0.222 e. The molecule has 0 amide bonds. The summed E-state index contributed by atoms with van der Waals surface area (Å²) in [7, 11) is 0. The molecule has 0 radical (unpaired) electrons. The summed E-state index contributed by atoms with van der Waals surface area (Å²) in [6.45, 7) is 0. The van der Waals surface area contributed by atoms with Crippen molar-refractivity contribution in [1.29, 1.82) is 0 Å². The van der Waals surface area contributed by atoms with E-state index in [1.807, 2.05) is 41.2 Å². The maximum Gasteiger partial charge on any atom is 0.222 e. The van der Waals surface area contributed by atoms with Gasteiger partial charge in [0.05, 0.1) is 12.1 Å². The second-order valence-electron chi connectivity index (χ2n) is 5.31. The van der Waals surface area contributed by atoms with Gasteiger partial charge in [0.2, 0.25) is 5.95 Å². The molecule has 1 aliphatic heterocycles. The third-order valence-corrected chi connectivity index (χ3v) is 4.22. The number of nitrogens with zero attached hydrogens (tertiary/aromatic N) is 4. The van der Waals surface area contributed by atoms with Crippen molar-refractivity contribution in [1.82, 2.24) is 19.7 Å². The first-order chi connectivity index (χ1) is 10.8. The summed E-state index contributed by atoms with van der Waals surface area (Å²) >= 11 is 6.00. The van der Waals surface area contributed by atoms with Gasteiger partial charge in [-0.1, -0.05) is 29.8 Å². The van der Waals surface area contributed by atoms with Crippen molar-refractivity contribution in [2.24, 2.45) is 0 Å². The van der Waals surface area contributed by atoms with Gasteiger partial charge in [0.25, 0.3) is 0 Å². The summed E-state index contributed by atoms with van der Waals surface area (Å²) < 4.78 is 1.93. The number of rotatable bonds is 2. The van der Waals surface area contributed by atoms with Gasteiger partial charge in [-0.05, 0) is 35.7 Å². The number of hydrogen-bond acceptors (Lipinski definition) is 4. The van der Waals surface area contributed by atoms with Crippen LogP contribution in [-0.4, -0.2) is 19.7 Å². The number of halogens is 1. The first-order valence-corrected chi connectivity index (χ1v) is 7.50. The van der Waals surface area contributed by atoms with E-state index in [2.05, 4.69) is 26.4 Å². The van der Waals surface area contributed by atoms with Crippen molar-refractivity contribution in [2.45, 2.75) is 18.5 Å². The summed E-state index contributed by atoms with van der Waals surface area (Å²) in [5.74, 6) is 0.778. The van der Waals surface area contributed by atoms with Crippen molar-refractivity contribution in [3.8, 4) is 0 Å². The molecule has 110 valence electrons. The molecule has 0 spiro atoms. The highest BCUT2D eigenvalue weighted by Crippen LogP contribution is 2.37. The third-order valence-electron chi connectivity index (χ3n) is 3.97. The van der Waals surface area contributed by atoms with Crippen LogP contribution in [0.25, 0.3) is 0 Å². The molecule has 0 saturated heterocycles. The van der Waals surface area contributed by atoms with Crippen LogP contribution in [0.2, 0.25) is 5.02 Å². The molecular formula is C16H14ClN5. The molecule has 0 fully saturated rings. The molecule has 1 N–H and O–H groups in total. The van der Waals surface area contributed by atoms with Gasteiger partial charge < -0.3 is 5.32 Å². The zero-order valence-electron chi connectivity index (χ0n) is 11.7. The van der Waals surface area contributed by atoms with E-state index in [4.69, 9.17) is 11.6 Å². The van der Waals surface area contributed by atoms with E-state index in [9.17, 15) is 0 Å². The molecule has 2 aromatic heterocycles. The van der Waals surface area contributed by atoms with Crippen molar-refractivity contribution in [2.75, 3.05) is 5.32 Å². The monoisotopic (exact) mass is 311 g/mol. The van der Waals surface area contributed by atoms with Crippen molar-refractivity contribution < 1.29 is 0 Å². The Kier molecular flexibility index (Phi) is 3.27. The van der Waals surface area contributed by atoms with Gasteiger partial charge in [-0.25, -0.2) is 4.68 Å². The fourth-order valence-corrected chi connectivity index (χ4v) is 3.01. The van der Waals surface area contributed by atoms with Gasteiger partial charge in [-0.2, -0.15) is 10.1 Å². The highest BCUT2D eigenvalue weighted by Gasteiger charge is 2.29. The maximum atomic E-state index is 6.00. The molecule has 0 bridgehead atoms. The standard InChI is InChI=1S/C16H14ClN5/c17-13-5-3-11(4-6-13)15-8-14(12-2-1-7-18-9-12)21-16-19-10-20-22(15)16/h1-7,9-10,14-15H,8H2,(H,19,20,21)/t14-,15-/m0/s1. The van der Waals surface area contributed by atoms with Crippen LogP contribution >= 0.6 is 11.6 Å². The minimum Gasteiger partial charge on any atom is -0.347 e. The van der Waals surface area contributed by atoms with Crippen LogP contribution in [0.4, 0.5) is 5.95 Å². The third kappa shape index (κ3) is 2.33. The quantitative estimate of drug-likeness (QED) is 0.787. The van der Waals surface area contributed by atoms with E-state index in [0.717, 1.165) is 23.0 Å². The Labute approximate surface area is 133 Å². The lowest BCUT2D eigenvalue weighted by Gasteiger charge is -2.31. The van der Waals surface area contributed by atoms with Crippen molar-refractivity contribution in [3.05, 3.63) is 71.3 Å². The Morgan fingerprint density at radius 2 is 2.00 bits per heavy atom. The van der Waals surface area contributed by atoms with Gasteiger partial charge in [-0.15, -0.1) is 0 Å². The predicted molar refractivity (Wildman–Crippen MR) is 84.8 cm³/mol. The fraction of sp³-hybridized carbons (Fsp3) is 0.188. The molecular weight excluding hydrogens is 298 g/mol. The van der Waals surface area contributed by atoms with Gasteiger partial charge >= 0.3 is 0 Å². The number of benzene rings is 1. The number of anilines is 1. The summed E-state index contributed by atoms with van der Waals surface area (Å²) in [4.78, 5) is 8.53. The average molecular weight is 312 g/mol. The summed E-state index contributed by atoms with van der Waals surface area (Å²) in [5.41, 5.74) is 2.32. The Balaban J connectivity index is 1.73. The minimum atomic E-state index is 0.126. The Morgan fingerprint density at radius 1 is 1.14 bits per heavy atom. The first-order valence-electron chi connectivity index (χ1n) is 7.13. The second kappa shape index (κ2) is 5.42. The van der Waals surface area contributed by atoms with Crippen LogP contribution in [0.3, 0.4) is 0 Å². The van der Waals surface area contributed by atoms with Crippen molar-refractivity contribution >= 4 is 17.5 Å². The minimum absolute atomic E-state index is 0.126. The summed E-state index contributed by atoms with van der Waals surface area (Å²) in [5, 5.41) is 8.52. The molecule has 1 aromatic carbocycles. The Morgan fingerprint density at radius 3 is 2.77 bits per heavy atom. The molecule has 0 saturated carbocycles. The molecule has 0 aliphatic carbocycles. The van der Waals surface area contributed by atoms with Crippen LogP contribution in [0.5, 0.6) is 0 Å². The topological polar surface area (TPSA) is 55.6 Å². The molecule has 1 aliphatic rings. The maximum absolute atomic E-state index is 6.00. The SMILES string of the molecule is Clc1ccc([C@@H]2C[C@@H](c3cccnc3)Nc3ncnn32)cc1. The molecule has 6 heteroatoms. The van der Waals surface area contributed by atoms with Crippen molar-refractivity contribution in [3.63, 3.8) is 0 Å². The highest BCUT2D eigenvalue weighted by atomic mass is 35.5. The van der Waals surface area contributed by atoms with Gasteiger partial charge in [-0.3, -0.25) is 4.98 Å². The van der Waals surface area contributed by atoms with E-state index < -0.39 is 0 Å². The van der Waals surface area contributed by atoms with Gasteiger partial charge in [0.15, 0.2) is 0 Å². The number of nitrogens with one attached hydrogen (secondary N) is 1. The van der Waals surface area contributed by atoms with E-state index in [0.29, 0.717) is 0 Å². The van der Waals surface area contributed by atoms with Crippen LogP contribution < -0.4 is 5.32 Å². The van der Waals surface area contributed by atoms with Gasteiger partial charge in [0, 0.05) is 17.4 Å².